The Kier molecular flexibility index (Phi) is 8.80. The summed E-state index contributed by atoms with van der Waals surface area (Å²) in [6.07, 6.45) is 6.69. The number of rotatable bonds is 4. The van der Waals surface area contributed by atoms with E-state index in [-0.39, 0.29) is 31.4 Å². The molecule has 4 nitrogen and oxygen atoms in total. The summed E-state index contributed by atoms with van der Waals surface area (Å²) in [7, 11) is 0. The molecule has 1 aliphatic heterocycles. The zero-order valence-corrected chi connectivity index (χ0v) is 14.6. The molecule has 1 saturated heterocycles. The van der Waals surface area contributed by atoms with Crippen molar-refractivity contribution in [3.63, 3.8) is 0 Å². The maximum atomic E-state index is 9.24. The van der Waals surface area contributed by atoms with Gasteiger partial charge in [-0.1, -0.05) is 19.3 Å². The van der Waals surface area contributed by atoms with Gasteiger partial charge in [-0.05, 0) is 30.9 Å². The van der Waals surface area contributed by atoms with Crippen LogP contribution in [0.5, 0.6) is 0 Å². The lowest BCUT2D eigenvalue weighted by Crippen LogP contribution is -2.47. The average Bonchev–Trinajstić information content (AvgIpc) is 2.98. The van der Waals surface area contributed by atoms with Crippen molar-refractivity contribution < 1.29 is 9.52 Å². The number of halogens is 2. The minimum atomic E-state index is -0.00105. The van der Waals surface area contributed by atoms with Crippen molar-refractivity contribution in [2.75, 3.05) is 26.2 Å². The van der Waals surface area contributed by atoms with Crippen LogP contribution < -0.4 is 5.32 Å². The molecule has 0 spiro atoms. The van der Waals surface area contributed by atoms with E-state index in [9.17, 15) is 5.11 Å². The van der Waals surface area contributed by atoms with Gasteiger partial charge in [0.1, 0.15) is 18.1 Å². The molecular formula is C16H28Cl2N2O2. The van der Waals surface area contributed by atoms with Crippen LogP contribution in [0.15, 0.2) is 16.5 Å². The molecule has 0 unspecified atom stereocenters. The van der Waals surface area contributed by atoms with E-state index >= 15 is 0 Å². The number of piperazine rings is 1. The molecular weight excluding hydrogens is 323 g/mol. The lowest BCUT2D eigenvalue weighted by molar-refractivity contribution is 0.0843. The number of nitrogens with one attached hydrogen (secondary N) is 1. The van der Waals surface area contributed by atoms with Crippen LogP contribution in [0.3, 0.4) is 0 Å². The van der Waals surface area contributed by atoms with Crippen LogP contribution in [0.1, 0.15) is 49.7 Å². The van der Waals surface area contributed by atoms with Gasteiger partial charge < -0.3 is 14.8 Å². The number of aliphatic hydroxyl groups excluding tert-OH is 1. The van der Waals surface area contributed by atoms with E-state index < -0.39 is 0 Å². The van der Waals surface area contributed by atoms with Crippen LogP contribution in [0.4, 0.5) is 0 Å². The Hall–Kier alpha value is -0.260. The van der Waals surface area contributed by atoms with E-state index in [2.05, 4.69) is 16.3 Å². The molecule has 2 fully saturated rings. The quantitative estimate of drug-likeness (QED) is 0.875. The smallest absolute Gasteiger partial charge is 0.129 e. The van der Waals surface area contributed by atoms with Crippen molar-refractivity contribution in [1.29, 1.82) is 0 Å². The van der Waals surface area contributed by atoms with Gasteiger partial charge in [-0.15, -0.1) is 24.8 Å². The third-order valence-corrected chi connectivity index (χ3v) is 4.77. The van der Waals surface area contributed by atoms with Crippen molar-refractivity contribution >= 4 is 24.8 Å². The highest BCUT2D eigenvalue weighted by atomic mass is 35.5. The monoisotopic (exact) mass is 350 g/mol. The highest BCUT2D eigenvalue weighted by Crippen LogP contribution is 2.39. The summed E-state index contributed by atoms with van der Waals surface area (Å²) in [5.41, 5.74) is 0. The Morgan fingerprint density at radius 1 is 1.14 bits per heavy atom. The molecule has 22 heavy (non-hydrogen) atoms. The Labute approximate surface area is 145 Å². The van der Waals surface area contributed by atoms with Gasteiger partial charge >= 0.3 is 0 Å². The lowest BCUT2D eigenvalue weighted by Gasteiger charge is -2.39. The van der Waals surface area contributed by atoms with Crippen LogP contribution in [-0.4, -0.2) is 36.2 Å². The van der Waals surface area contributed by atoms with Crippen LogP contribution in [0.25, 0.3) is 0 Å². The number of aliphatic hydroxyl groups is 1. The predicted octanol–water partition coefficient (Wildman–Crippen LogP) is 3.14. The Morgan fingerprint density at radius 3 is 2.41 bits per heavy atom. The second kappa shape index (κ2) is 9.78. The Balaban J connectivity index is 0.00000121. The largest absolute Gasteiger partial charge is 0.462 e. The standard InChI is InChI=1S/C16H26N2O2.2ClH/c19-12-14-6-7-15(20-14)16(13-4-2-1-3-5-13)18-10-8-17-9-11-18;;/h6-7,13,16-17,19H,1-5,8-12H2;2*1H/t16-;;/m0../s1. The van der Waals surface area contributed by atoms with Gasteiger partial charge in [0.05, 0.1) is 6.04 Å². The molecule has 0 radical (unpaired) electrons. The molecule has 6 heteroatoms. The summed E-state index contributed by atoms with van der Waals surface area (Å²) in [5.74, 6) is 2.46. The van der Waals surface area contributed by atoms with Crippen LogP contribution in [0, 0.1) is 5.92 Å². The van der Waals surface area contributed by atoms with Crippen molar-refractivity contribution in [2.24, 2.45) is 5.92 Å². The second-order valence-corrected chi connectivity index (χ2v) is 6.09. The zero-order chi connectivity index (χ0) is 13.8. The molecule has 0 aromatic carbocycles. The topological polar surface area (TPSA) is 48.6 Å². The molecule has 128 valence electrons. The van der Waals surface area contributed by atoms with Gasteiger partial charge in [-0.3, -0.25) is 4.90 Å². The van der Waals surface area contributed by atoms with E-state index in [4.69, 9.17) is 4.42 Å². The fourth-order valence-electron chi connectivity index (χ4n) is 3.76. The van der Waals surface area contributed by atoms with E-state index in [1.165, 1.54) is 32.1 Å². The predicted molar refractivity (Wildman–Crippen MR) is 92.9 cm³/mol. The first-order valence-corrected chi connectivity index (χ1v) is 8.02. The molecule has 1 aromatic heterocycles. The average molecular weight is 351 g/mol. The number of furan rings is 1. The maximum Gasteiger partial charge on any atom is 0.129 e. The van der Waals surface area contributed by atoms with Gasteiger partial charge in [0.15, 0.2) is 0 Å². The normalized spacial score (nSPS) is 21.7. The van der Waals surface area contributed by atoms with Crippen molar-refractivity contribution in [3.8, 4) is 0 Å². The highest BCUT2D eigenvalue weighted by Gasteiger charge is 2.32. The highest BCUT2D eigenvalue weighted by molar-refractivity contribution is 5.85. The van der Waals surface area contributed by atoms with Crippen LogP contribution in [-0.2, 0) is 6.61 Å². The first-order valence-electron chi connectivity index (χ1n) is 8.02. The lowest BCUT2D eigenvalue weighted by atomic mass is 9.82. The summed E-state index contributed by atoms with van der Waals surface area (Å²) >= 11 is 0. The van der Waals surface area contributed by atoms with E-state index in [1.807, 2.05) is 6.07 Å². The first kappa shape index (κ1) is 19.8. The van der Waals surface area contributed by atoms with Gasteiger partial charge in [0.25, 0.3) is 0 Å². The van der Waals surface area contributed by atoms with Crippen molar-refractivity contribution in [3.05, 3.63) is 23.7 Å². The molecule has 2 heterocycles. The van der Waals surface area contributed by atoms with Gasteiger partial charge in [0.2, 0.25) is 0 Å². The molecule has 1 aliphatic carbocycles. The Bertz CT molecular complexity index is 398. The Morgan fingerprint density at radius 2 is 1.82 bits per heavy atom. The SMILES string of the molecule is Cl.Cl.OCc1ccc([C@H](C2CCCCC2)N2CCNCC2)o1. The van der Waals surface area contributed by atoms with E-state index in [1.54, 1.807) is 0 Å². The molecule has 0 bridgehead atoms. The summed E-state index contributed by atoms with van der Waals surface area (Å²) < 4.78 is 5.89. The molecule has 2 aliphatic rings. The van der Waals surface area contributed by atoms with Gasteiger partial charge in [-0.25, -0.2) is 0 Å². The van der Waals surface area contributed by atoms with E-state index in [0.717, 1.165) is 31.9 Å². The summed E-state index contributed by atoms with van der Waals surface area (Å²) in [6.45, 7) is 4.32. The molecule has 2 N–H and O–H groups in total. The van der Waals surface area contributed by atoms with Crippen LogP contribution >= 0.6 is 24.8 Å². The molecule has 3 rings (SSSR count). The van der Waals surface area contributed by atoms with Gasteiger partial charge in [0, 0.05) is 26.2 Å². The molecule has 1 aromatic rings. The van der Waals surface area contributed by atoms with Crippen molar-refractivity contribution in [1.82, 2.24) is 10.2 Å². The third kappa shape index (κ3) is 4.62. The summed E-state index contributed by atoms with van der Waals surface area (Å²) in [6, 6.07) is 4.40. The number of hydrogen-bond donors (Lipinski definition) is 2. The second-order valence-electron chi connectivity index (χ2n) is 6.09. The molecule has 1 saturated carbocycles. The zero-order valence-electron chi connectivity index (χ0n) is 13.0. The first-order chi connectivity index (χ1) is 9.88. The van der Waals surface area contributed by atoms with Crippen LogP contribution in [0.2, 0.25) is 0 Å². The maximum absolute atomic E-state index is 9.24. The molecule has 0 amide bonds. The van der Waals surface area contributed by atoms with Crippen molar-refractivity contribution in [2.45, 2.75) is 44.8 Å². The summed E-state index contributed by atoms with van der Waals surface area (Å²) in [4.78, 5) is 2.58. The fraction of sp³-hybridized carbons (Fsp3) is 0.750. The van der Waals surface area contributed by atoms with Gasteiger partial charge in [-0.2, -0.15) is 0 Å². The minimum absolute atomic E-state index is 0. The molecule has 1 atom stereocenters. The number of nitrogens with zero attached hydrogens (tertiary/aromatic N) is 1. The van der Waals surface area contributed by atoms with E-state index in [0.29, 0.717) is 17.7 Å². The summed E-state index contributed by atoms with van der Waals surface area (Å²) in [5, 5.41) is 12.7. The fourth-order valence-corrected chi connectivity index (χ4v) is 3.76. The third-order valence-electron chi connectivity index (χ3n) is 4.77. The minimum Gasteiger partial charge on any atom is -0.462 e. The number of hydrogen-bond acceptors (Lipinski definition) is 4.